The van der Waals surface area contributed by atoms with Crippen LogP contribution in [0.4, 0.5) is 5.69 Å². The molecule has 0 aliphatic carbocycles. The molecular weight excluding hydrogens is 178 g/mol. The first kappa shape index (κ1) is 8.77. The number of pyridine rings is 1. The lowest BCUT2D eigenvalue weighted by Gasteiger charge is -2.02. The van der Waals surface area contributed by atoms with Crippen LogP contribution in [0.3, 0.4) is 0 Å². The Balaban J connectivity index is 2.77. The summed E-state index contributed by atoms with van der Waals surface area (Å²) in [6.45, 7) is 1.78. The van der Waals surface area contributed by atoms with Crippen LogP contribution in [-0.4, -0.2) is 4.98 Å². The molecule has 2 rings (SSSR count). The molecule has 0 aliphatic heterocycles. The third-order valence-corrected chi connectivity index (χ3v) is 2.20. The van der Waals surface area contributed by atoms with E-state index < -0.39 is 0 Å². The van der Waals surface area contributed by atoms with E-state index in [-0.39, 0.29) is 5.56 Å². The molecule has 2 aromatic rings. The SMILES string of the molecule is Cc1cc2cc(NN)ccc2[nH]c1=O. The first-order chi connectivity index (χ1) is 6.70. The van der Waals surface area contributed by atoms with Gasteiger partial charge in [-0.05, 0) is 31.2 Å². The number of aromatic nitrogens is 1. The molecule has 0 radical (unpaired) electrons. The molecule has 0 atom stereocenters. The molecule has 0 spiro atoms. The van der Waals surface area contributed by atoms with E-state index in [1.54, 1.807) is 6.92 Å². The Morgan fingerprint density at radius 1 is 1.36 bits per heavy atom. The lowest BCUT2D eigenvalue weighted by atomic mass is 10.1. The molecular formula is C10H11N3O. The summed E-state index contributed by atoms with van der Waals surface area (Å²) in [6.07, 6.45) is 0. The third kappa shape index (κ3) is 1.36. The van der Waals surface area contributed by atoms with Crippen molar-refractivity contribution in [2.75, 3.05) is 5.43 Å². The van der Waals surface area contributed by atoms with Gasteiger partial charge in [-0.2, -0.15) is 0 Å². The second kappa shape index (κ2) is 3.16. The Kier molecular flexibility index (Phi) is 1.98. The number of anilines is 1. The normalized spacial score (nSPS) is 10.4. The largest absolute Gasteiger partial charge is 0.324 e. The van der Waals surface area contributed by atoms with Gasteiger partial charge in [0, 0.05) is 22.2 Å². The van der Waals surface area contributed by atoms with Crippen LogP contribution < -0.4 is 16.8 Å². The van der Waals surface area contributed by atoms with Crippen LogP contribution >= 0.6 is 0 Å². The molecule has 4 N–H and O–H groups in total. The van der Waals surface area contributed by atoms with Gasteiger partial charge in [-0.25, -0.2) is 0 Å². The van der Waals surface area contributed by atoms with E-state index in [1.165, 1.54) is 0 Å². The number of hydrogen-bond donors (Lipinski definition) is 3. The first-order valence-corrected chi connectivity index (χ1v) is 4.31. The minimum Gasteiger partial charge on any atom is -0.324 e. The van der Waals surface area contributed by atoms with E-state index in [4.69, 9.17) is 5.84 Å². The number of nitrogens with one attached hydrogen (secondary N) is 2. The van der Waals surface area contributed by atoms with Gasteiger partial charge in [0.1, 0.15) is 0 Å². The Bertz CT molecular complexity index is 530. The zero-order valence-corrected chi connectivity index (χ0v) is 7.79. The Morgan fingerprint density at radius 2 is 2.14 bits per heavy atom. The standard InChI is InChI=1S/C10H11N3O/c1-6-4-7-5-8(13-11)2-3-9(7)12-10(6)14/h2-5,13H,11H2,1H3,(H,12,14). The molecule has 14 heavy (non-hydrogen) atoms. The van der Waals surface area contributed by atoms with Crippen LogP contribution in [0.5, 0.6) is 0 Å². The van der Waals surface area contributed by atoms with Gasteiger partial charge in [0.2, 0.25) is 0 Å². The van der Waals surface area contributed by atoms with Crippen molar-refractivity contribution < 1.29 is 0 Å². The monoisotopic (exact) mass is 189 g/mol. The molecule has 0 saturated heterocycles. The number of aromatic amines is 1. The zero-order chi connectivity index (χ0) is 10.1. The highest BCUT2D eigenvalue weighted by atomic mass is 16.1. The summed E-state index contributed by atoms with van der Waals surface area (Å²) < 4.78 is 0. The highest BCUT2D eigenvalue weighted by Gasteiger charge is 1.98. The van der Waals surface area contributed by atoms with E-state index in [1.807, 2.05) is 24.3 Å². The summed E-state index contributed by atoms with van der Waals surface area (Å²) in [7, 11) is 0. The van der Waals surface area contributed by atoms with Gasteiger partial charge in [-0.15, -0.1) is 0 Å². The summed E-state index contributed by atoms with van der Waals surface area (Å²) in [6, 6.07) is 7.37. The number of rotatable bonds is 1. The molecule has 0 bridgehead atoms. The highest BCUT2D eigenvalue weighted by Crippen LogP contribution is 2.15. The summed E-state index contributed by atoms with van der Waals surface area (Å²) in [5, 5.41) is 0.970. The van der Waals surface area contributed by atoms with Gasteiger partial charge in [-0.1, -0.05) is 0 Å². The van der Waals surface area contributed by atoms with Crippen molar-refractivity contribution in [1.29, 1.82) is 0 Å². The molecule has 1 aromatic heterocycles. The van der Waals surface area contributed by atoms with Gasteiger partial charge in [0.15, 0.2) is 0 Å². The fraction of sp³-hybridized carbons (Fsp3) is 0.100. The molecule has 4 heteroatoms. The molecule has 0 amide bonds. The highest BCUT2D eigenvalue weighted by molar-refractivity contribution is 5.82. The molecule has 0 saturated carbocycles. The second-order valence-electron chi connectivity index (χ2n) is 3.23. The van der Waals surface area contributed by atoms with E-state index in [2.05, 4.69) is 10.4 Å². The average molecular weight is 189 g/mol. The summed E-state index contributed by atoms with van der Waals surface area (Å²) >= 11 is 0. The number of fused-ring (bicyclic) bond motifs is 1. The predicted octanol–water partition coefficient (Wildman–Crippen LogP) is 1.12. The summed E-state index contributed by atoms with van der Waals surface area (Å²) in [5.74, 6) is 5.29. The van der Waals surface area contributed by atoms with Crippen LogP contribution in [0, 0.1) is 6.92 Å². The van der Waals surface area contributed by atoms with Gasteiger partial charge < -0.3 is 10.4 Å². The molecule has 0 aliphatic rings. The quantitative estimate of drug-likeness (QED) is 0.465. The van der Waals surface area contributed by atoms with Crippen molar-refractivity contribution in [2.24, 2.45) is 5.84 Å². The van der Waals surface area contributed by atoms with Crippen molar-refractivity contribution in [3.63, 3.8) is 0 Å². The van der Waals surface area contributed by atoms with Crippen LogP contribution in [0.25, 0.3) is 10.9 Å². The van der Waals surface area contributed by atoms with Crippen molar-refractivity contribution in [3.8, 4) is 0 Å². The zero-order valence-electron chi connectivity index (χ0n) is 7.79. The van der Waals surface area contributed by atoms with E-state index in [0.29, 0.717) is 5.56 Å². The molecule has 1 aromatic carbocycles. The van der Waals surface area contributed by atoms with Crippen molar-refractivity contribution in [3.05, 3.63) is 40.2 Å². The molecule has 0 fully saturated rings. The van der Waals surface area contributed by atoms with Gasteiger partial charge in [0.25, 0.3) is 5.56 Å². The van der Waals surface area contributed by atoms with Crippen molar-refractivity contribution in [2.45, 2.75) is 6.92 Å². The van der Waals surface area contributed by atoms with Gasteiger partial charge in [-0.3, -0.25) is 10.6 Å². The van der Waals surface area contributed by atoms with Crippen molar-refractivity contribution in [1.82, 2.24) is 4.98 Å². The fourth-order valence-corrected chi connectivity index (χ4v) is 1.41. The number of benzene rings is 1. The van der Waals surface area contributed by atoms with Crippen LogP contribution in [0.1, 0.15) is 5.56 Å². The van der Waals surface area contributed by atoms with E-state index in [0.717, 1.165) is 16.6 Å². The van der Waals surface area contributed by atoms with E-state index in [9.17, 15) is 4.79 Å². The number of aryl methyl sites for hydroxylation is 1. The first-order valence-electron chi connectivity index (χ1n) is 4.31. The van der Waals surface area contributed by atoms with E-state index >= 15 is 0 Å². The summed E-state index contributed by atoms with van der Waals surface area (Å²) in [4.78, 5) is 14.1. The minimum atomic E-state index is -0.0500. The topological polar surface area (TPSA) is 70.9 Å². The smallest absolute Gasteiger partial charge is 0.251 e. The number of hydrazine groups is 1. The maximum atomic E-state index is 11.3. The van der Waals surface area contributed by atoms with Crippen molar-refractivity contribution >= 4 is 16.6 Å². The number of nitrogen functional groups attached to an aromatic ring is 1. The molecule has 1 heterocycles. The van der Waals surface area contributed by atoms with Gasteiger partial charge >= 0.3 is 0 Å². The Morgan fingerprint density at radius 3 is 2.86 bits per heavy atom. The number of H-pyrrole nitrogens is 1. The Labute approximate surface area is 80.7 Å². The Hall–Kier alpha value is -1.81. The lowest BCUT2D eigenvalue weighted by Crippen LogP contribution is -2.09. The molecule has 4 nitrogen and oxygen atoms in total. The molecule has 72 valence electrons. The lowest BCUT2D eigenvalue weighted by molar-refractivity contribution is 1.23. The van der Waals surface area contributed by atoms with Crippen LogP contribution in [0.15, 0.2) is 29.1 Å². The number of hydrogen-bond acceptors (Lipinski definition) is 3. The fourth-order valence-electron chi connectivity index (χ4n) is 1.41. The third-order valence-electron chi connectivity index (χ3n) is 2.20. The van der Waals surface area contributed by atoms with Crippen LogP contribution in [-0.2, 0) is 0 Å². The van der Waals surface area contributed by atoms with Crippen LogP contribution in [0.2, 0.25) is 0 Å². The molecule has 0 unspecified atom stereocenters. The van der Waals surface area contributed by atoms with Gasteiger partial charge in [0.05, 0.1) is 0 Å². The predicted molar refractivity (Wildman–Crippen MR) is 57.1 cm³/mol. The summed E-state index contributed by atoms with van der Waals surface area (Å²) in [5.41, 5.74) is 4.85. The number of nitrogens with two attached hydrogens (primary N) is 1. The maximum Gasteiger partial charge on any atom is 0.251 e. The minimum absolute atomic E-state index is 0.0500. The second-order valence-corrected chi connectivity index (χ2v) is 3.23. The average Bonchev–Trinajstić information content (AvgIpc) is 2.19. The maximum absolute atomic E-state index is 11.3.